The summed E-state index contributed by atoms with van der Waals surface area (Å²) in [6, 6.07) is 0.885. The maximum Gasteiger partial charge on any atom is 0.436 e. The maximum absolute atomic E-state index is 12.8. The molecule has 0 aliphatic heterocycles. The first-order chi connectivity index (χ1) is 10.8. The van der Waals surface area contributed by atoms with Gasteiger partial charge in [0.25, 0.3) is 0 Å². The number of carboxylic acids is 1. The van der Waals surface area contributed by atoms with Crippen molar-refractivity contribution in [3.05, 3.63) is 45.2 Å². The minimum absolute atomic E-state index is 0.372. The Balaban J connectivity index is 2.68. The molecule has 0 amide bonds. The third-order valence-electron chi connectivity index (χ3n) is 2.79. The van der Waals surface area contributed by atoms with Crippen LogP contribution < -0.4 is 0 Å². The molecule has 0 atom stereocenters. The number of halogens is 8. The summed E-state index contributed by atoms with van der Waals surface area (Å²) < 4.78 is 76.7. The van der Waals surface area contributed by atoms with Gasteiger partial charge in [-0.25, -0.2) is 9.48 Å². The number of rotatable bonds is 2. The van der Waals surface area contributed by atoms with Crippen LogP contribution in [0.5, 0.6) is 0 Å². The van der Waals surface area contributed by atoms with Gasteiger partial charge in [-0.3, -0.25) is 0 Å². The van der Waals surface area contributed by atoms with Gasteiger partial charge in [0.1, 0.15) is 11.3 Å². The normalized spacial score (nSPS) is 12.5. The number of carbonyl (C=O) groups is 1. The van der Waals surface area contributed by atoms with Crippen LogP contribution in [0.4, 0.5) is 26.3 Å². The van der Waals surface area contributed by atoms with E-state index in [1.54, 1.807) is 0 Å². The van der Waals surface area contributed by atoms with Crippen molar-refractivity contribution in [2.24, 2.45) is 0 Å². The van der Waals surface area contributed by atoms with Crippen LogP contribution in [0.1, 0.15) is 21.6 Å². The smallest absolute Gasteiger partial charge is 0.436 e. The monoisotopic (exact) mass is 392 g/mol. The number of hydrogen-bond acceptors (Lipinski definition) is 2. The lowest BCUT2D eigenvalue weighted by Gasteiger charge is -2.12. The van der Waals surface area contributed by atoms with Gasteiger partial charge in [0.2, 0.25) is 0 Å². The van der Waals surface area contributed by atoms with Crippen molar-refractivity contribution in [1.82, 2.24) is 9.78 Å². The predicted octanol–water partition coefficient (Wildman–Crippen LogP) is 4.91. The molecule has 0 bridgehead atoms. The summed E-state index contributed by atoms with van der Waals surface area (Å²) in [6.07, 6.45) is -9.41. The molecule has 0 aliphatic rings. The first-order valence-electron chi connectivity index (χ1n) is 5.79. The second-order valence-electron chi connectivity index (χ2n) is 4.43. The molecule has 0 fully saturated rings. The molecule has 2 aromatic rings. The first-order valence-corrected chi connectivity index (χ1v) is 6.54. The predicted molar refractivity (Wildman–Crippen MR) is 70.5 cm³/mol. The van der Waals surface area contributed by atoms with E-state index in [-0.39, 0.29) is 0 Å². The Bertz CT molecular complexity index is 790. The van der Waals surface area contributed by atoms with Crippen LogP contribution in [0, 0.1) is 0 Å². The Morgan fingerprint density at radius 1 is 1.04 bits per heavy atom. The van der Waals surface area contributed by atoms with Gasteiger partial charge in [0.15, 0.2) is 5.69 Å². The number of carboxylic acid groups (broad SMARTS) is 1. The van der Waals surface area contributed by atoms with Crippen LogP contribution in [0.2, 0.25) is 10.0 Å². The minimum Gasteiger partial charge on any atom is -0.478 e. The molecule has 1 aromatic carbocycles. The fourth-order valence-electron chi connectivity index (χ4n) is 1.80. The molecule has 24 heavy (non-hydrogen) atoms. The average molecular weight is 393 g/mol. The zero-order valence-corrected chi connectivity index (χ0v) is 12.5. The molecule has 1 aromatic heterocycles. The van der Waals surface area contributed by atoms with E-state index in [1.165, 1.54) is 0 Å². The van der Waals surface area contributed by atoms with E-state index < -0.39 is 50.9 Å². The summed E-state index contributed by atoms with van der Waals surface area (Å²) in [5.74, 6) is -1.92. The van der Waals surface area contributed by atoms with Crippen LogP contribution >= 0.6 is 23.2 Å². The fourth-order valence-corrected chi connectivity index (χ4v) is 2.46. The van der Waals surface area contributed by atoms with Crippen molar-refractivity contribution < 1.29 is 36.2 Å². The van der Waals surface area contributed by atoms with Gasteiger partial charge < -0.3 is 5.11 Å². The minimum atomic E-state index is -5.09. The highest BCUT2D eigenvalue weighted by molar-refractivity contribution is 6.37. The number of hydrogen-bond donors (Lipinski definition) is 1. The van der Waals surface area contributed by atoms with Crippen molar-refractivity contribution in [2.75, 3.05) is 0 Å². The SMILES string of the molecule is O=C(O)c1cn(-c2c(Cl)cc(C(F)(F)F)cc2Cl)nc1C(F)(F)F. The molecular formula is C12H4Cl2F6N2O2. The lowest BCUT2D eigenvalue weighted by Crippen LogP contribution is -2.12. The highest BCUT2D eigenvalue weighted by Gasteiger charge is 2.40. The summed E-state index contributed by atoms with van der Waals surface area (Å²) in [7, 11) is 0. The van der Waals surface area contributed by atoms with Crippen LogP contribution in [-0.2, 0) is 12.4 Å². The standard InChI is InChI=1S/C12H4Cl2F6N2O2/c13-6-1-4(11(15,16)17)2-7(14)8(6)22-3-5(10(23)24)9(21-22)12(18,19)20/h1-3H,(H,23,24). The third kappa shape index (κ3) is 3.44. The van der Waals surface area contributed by atoms with Gasteiger partial charge >= 0.3 is 18.3 Å². The lowest BCUT2D eigenvalue weighted by molar-refractivity contribution is -0.141. The number of aromatic carboxylic acids is 1. The molecule has 1 N–H and O–H groups in total. The molecule has 0 aliphatic carbocycles. The van der Waals surface area contributed by atoms with E-state index in [2.05, 4.69) is 5.10 Å². The zero-order chi connectivity index (χ0) is 18.4. The van der Waals surface area contributed by atoms with Crippen molar-refractivity contribution in [1.29, 1.82) is 0 Å². The van der Waals surface area contributed by atoms with Crippen molar-refractivity contribution in [2.45, 2.75) is 12.4 Å². The van der Waals surface area contributed by atoms with E-state index in [0.717, 1.165) is 0 Å². The number of benzene rings is 1. The van der Waals surface area contributed by atoms with Crippen molar-refractivity contribution >= 4 is 29.2 Å². The largest absolute Gasteiger partial charge is 0.478 e. The molecule has 0 spiro atoms. The lowest BCUT2D eigenvalue weighted by atomic mass is 10.2. The number of aromatic nitrogens is 2. The zero-order valence-electron chi connectivity index (χ0n) is 11.0. The van der Waals surface area contributed by atoms with E-state index in [9.17, 15) is 31.1 Å². The van der Waals surface area contributed by atoms with Crippen LogP contribution in [-0.4, -0.2) is 20.9 Å². The van der Waals surface area contributed by atoms with Crippen LogP contribution in [0.25, 0.3) is 5.69 Å². The Labute approximate surface area is 139 Å². The summed E-state index contributed by atoms with van der Waals surface area (Å²) in [6.45, 7) is 0. The highest BCUT2D eigenvalue weighted by atomic mass is 35.5. The summed E-state index contributed by atoms with van der Waals surface area (Å²) in [5, 5.41) is 10.6. The van der Waals surface area contributed by atoms with Gasteiger partial charge in [-0.05, 0) is 12.1 Å². The van der Waals surface area contributed by atoms with Crippen LogP contribution in [0.3, 0.4) is 0 Å². The second-order valence-corrected chi connectivity index (χ2v) is 5.24. The van der Waals surface area contributed by atoms with Crippen molar-refractivity contribution in [3.8, 4) is 5.69 Å². The molecule has 130 valence electrons. The van der Waals surface area contributed by atoms with E-state index in [1.807, 2.05) is 0 Å². The molecule has 0 saturated carbocycles. The molecule has 1 heterocycles. The van der Waals surface area contributed by atoms with Crippen molar-refractivity contribution in [3.63, 3.8) is 0 Å². The average Bonchev–Trinajstić information content (AvgIpc) is 2.81. The molecule has 0 saturated heterocycles. The van der Waals surface area contributed by atoms with Gasteiger partial charge in [-0.1, -0.05) is 23.2 Å². The van der Waals surface area contributed by atoms with E-state index >= 15 is 0 Å². The topological polar surface area (TPSA) is 55.1 Å². The highest BCUT2D eigenvalue weighted by Crippen LogP contribution is 2.38. The Morgan fingerprint density at radius 3 is 1.88 bits per heavy atom. The molecule has 0 radical (unpaired) electrons. The van der Waals surface area contributed by atoms with E-state index in [0.29, 0.717) is 23.0 Å². The molecule has 12 heteroatoms. The number of nitrogens with zero attached hydrogens (tertiary/aromatic N) is 2. The summed E-state index contributed by atoms with van der Waals surface area (Å²) in [5.41, 5.74) is -4.66. The fraction of sp³-hybridized carbons (Fsp3) is 0.167. The maximum atomic E-state index is 12.8. The molecular weight excluding hydrogens is 389 g/mol. The third-order valence-corrected chi connectivity index (χ3v) is 3.36. The van der Waals surface area contributed by atoms with Crippen LogP contribution in [0.15, 0.2) is 18.3 Å². The van der Waals surface area contributed by atoms with Gasteiger partial charge in [0.05, 0.1) is 15.6 Å². The molecule has 0 unspecified atom stereocenters. The quantitative estimate of drug-likeness (QED) is 0.738. The van der Waals surface area contributed by atoms with Gasteiger partial charge in [0, 0.05) is 6.20 Å². The van der Waals surface area contributed by atoms with E-state index in [4.69, 9.17) is 28.3 Å². The summed E-state index contributed by atoms with van der Waals surface area (Å²) >= 11 is 11.3. The molecule has 2 rings (SSSR count). The van der Waals surface area contributed by atoms with Gasteiger partial charge in [-0.15, -0.1) is 0 Å². The number of alkyl halides is 6. The Hall–Kier alpha value is -1.94. The molecule has 4 nitrogen and oxygen atoms in total. The second kappa shape index (κ2) is 5.85. The Kier molecular flexibility index (Phi) is 4.49. The first kappa shape index (κ1) is 18.4. The Morgan fingerprint density at radius 2 is 1.54 bits per heavy atom. The summed E-state index contributed by atoms with van der Waals surface area (Å²) in [4.78, 5) is 10.9. The van der Waals surface area contributed by atoms with Gasteiger partial charge in [-0.2, -0.15) is 31.4 Å².